The van der Waals surface area contributed by atoms with E-state index in [0.717, 1.165) is 0 Å². The largest absolute Gasteiger partial charge is 0.507 e. The van der Waals surface area contributed by atoms with Gasteiger partial charge in [-0.1, -0.05) is 30.3 Å². The van der Waals surface area contributed by atoms with E-state index >= 15 is 0 Å². The summed E-state index contributed by atoms with van der Waals surface area (Å²) in [4.78, 5) is -0.425. The second-order valence-corrected chi connectivity index (χ2v) is 3.25. The highest BCUT2D eigenvalue weighted by Crippen LogP contribution is 2.28. The molecule has 84 valence electrons. The van der Waals surface area contributed by atoms with Crippen LogP contribution in [0.3, 0.4) is 0 Å². The lowest BCUT2D eigenvalue weighted by Crippen LogP contribution is -2.15. The van der Waals surface area contributed by atoms with Crippen molar-refractivity contribution in [1.29, 1.82) is 0 Å². The predicted octanol–water partition coefficient (Wildman–Crippen LogP) is 2.65. The van der Waals surface area contributed by atoms with E-state index in [4.69, 9.17) is 13.7 Å². The zero-order valence-corrected chi connectivity index (χ0v) is 8.36. The monoisotopic (exact) mass is 225 g/mol. The summed E-state index contributed by atoms with van der Waals surface area (Å²) >= 11 is 0. The molecule has 2 aromatic rings. The van der Waals surface area contributed by atoms with E-state index in [2.05, 4.69) is 0 Å². The molecule has 0 spiro atoms. The molecule has 0 aliphatic carbocycles. The first-order valence-corrected chi connectivity index (χ1v) is 4.63. The highest BCUT2D eigenvalue weighted by atomic mass is 16.3. The summed E-state index contributed by atoms with van der Waals surface area (Å²) in [5.41, 5.74) is -0.350. The smallest absolute Gasteiger partial charge is 0.123 e. The molecule has 0 amide bonds. The topological polar surface area (TPSA) is 23.5 Å². The van der Waals surface area contributed by atoms with Gasteiger partial charge >= 0.3 is 0 Å². The number of phenols is 1. The van der Waals surface area contributed by atoms with E-state index in [1.165, 1.54) is 24.3 Å². The van der Waals surface area contributed by atoms with Crippen LogP contribution in [0, 0.1) is 0 Å². The number of nitrogens with zero attached hydrogens (tertiary/aromatic N) is 1. The molecule has 0 bridgehead atoms. The molecule has 0 unspecified atom stereocenters. The maximum Gasteiger partial charge on any atom is 0.123 e. The number of fused-ring (bicyclic) bond motifs is 1. The zero-order valence-electron chi connectivity index (χ0n) is 18.4. The molecule has 0 fully saturated rings. The molecule has 0 aliphatic rings. The predicted molar refractivity (Wildman–Crippen MR) is 67.9 cm³/mol. The Kier molecular flexibility index (Phi) is 1.15. The molecule has 16 heavy (non-hydrogen) atoms. The summed E-state index contributed by atoms with van der Waals surface area (Å²) in [5, 5.41) is 10.5. The molecule has 0 aliphatic heterocycles. The lowest BCUT2D eigenvalue weighted by Gasteiger charge is -2.12. The molecular weight excluding hydrogens is 198 g/mol. The van der Waals surface area contributed by atoms with E-state index in [0.29, 0.717) is 5.39 Å². The van der Waals surface area contributed by atoms with E-state index in [-0.39, 0.29) is 16.7 Å². The standard InChI is InChI=1S/C14H17NO/c1-15(2)10-9-12-6-3-5-11-7-4-8-13(16)14(11)12/h3-8,16H,9-10H2,1-2H3/i1D3,2D3,9D2,10D2. The summed E-state index contributed by atoms with van der Waals surface area (Å²) in [6.07, 6.45) is -3.08. The highest BCUT2D eigenvalue weighted by Gasteiger charge is 2.05. The summed E-state index contributed by atoms with van der Waals surface area (Å²) in [6.45, 7) is -10.3. The van der Waals surface area contributed by atoms with Crippen LogP contribution in [0.2, 0.25) is 0 Å². The fourth-order valence-electron chi connectivity index (χ4n) is 1.54. The molecule has 0 saturated heterocycles. The number of hydrogen-bond donors (Lipinski definition) is 1. The van der Waals surface area contributed by atoms with Crippen LogP contribution in [0.1, 0.15) is 19.3 Å². The first-order chi connectivity index (χ1) is 11.6. The number of rotatable bonds is 3. The van der Waals surface area contributed by atoms with Crippen molar-refractivity contribution in [2.24, 2.45) is 0 Å². The van der Waals surface area contributed by atoms with Crippen molar-refractivity contribution in [3.8, 4) is 5.75 Å². The Morgan fingerprint density at radius 3 is 2.75 bits per heavy atom. The van der Waals surface area contributed by atoms with Gasteiger partial charge in [0.2, 0.25) is 0 Å². The Hall–Kier alpha value is -1.54. The van der Waals surface area contributed by atoms with Crippen molar-refractivity contribution in [3.63, 3.8) is 0 Å². The average Bonchev–Trinajstić information content (AvgIpc) is 2.43. The van der Waals surface area contributed by atoms with Crippen LogP contribution in [-0.4, -0.2) is 30.5 Å². The van der Waals surface area contributed by atoms with Gasteiger partial charge < -0.3 is 10.0 Å². The molecule has 0 aromatic heterocycles. The van der Waals surface area contributed by atoms with Crippen LogP contribution < -0.4 is 0 Å². The molecule has 0 saturated carbocycles. The molecule has 0 radical (unpaired) electrons. The van der Waals surface area contributed by atoms with E-state index in [1.807, 2.05) is 0 Å². The Balaban J connectivity index is 2.77. The van der Waals surface area contributed by atoms with Gasteiger partial charge in [-0.15, -0.1) is 0 Å². The van der Waals surface area contributed by atoms with Gasteiger partial charge in [-0.25, -0.2) is 0 Å². The van der Waals surface area contributed by atoms with Gasteiger partial charge in [0, 0.05) is 25.6 Å². The normalized spacial score (nSPS) is 23.8. The van der Waals surface area contributed by atoms with Crippen molar-refractivity contribution in [1.82, 2.24) is 4.90 Å². The minimum Gasteiger partial charge on any atom is -0.507 e. The summed E-state index contributed by atoms with van der Waals surface area (Å²) in [5.74, 6) is -0.327. The Labute approximate surface area is 110 Å². The van der Waals surface area contributed by atoms with Crippen molar-refractivity contribution < 1.29 is 18.8 Å². The third kappa shape index (κ3) is 2.17. The van der Waals surface area contributed by atoms with Gasteiger partial charge in [0.1, 0.15) is 5.75 Å². The molecule has 2 nitrogen and oxygen atoms in total. The maximum absolute atomic E-state index is 10.1. The fourth-order valence-corrected chi connectivity index (χ4v) is 1.54. The Morgan fingerprint density at radius 1 is 1.25 bits per heavy atom. The van der Waals surface area contributed by atoms with E-state index in [1.54, 1.807) is 12.1 Å². The molecule has 1 N–H and O–H groups in total. The molecule has 2 rings (SSSR count). The molecule has 0 heterocycles. The van der Waals surface area contributed by atoms with Crippen LogP contribution in [0.15, 0.2) is 36.4 Å². The minimum atomic E-state index is -3.44. The third-order valence-electron chi connectivity index (χ3n) is 2.19. The maximum atomic E-state index is 10.1. The molecule has 2 aromatic carbocycles. The lowest BCUT2D eigenvalue weighted by atomic mass is 10.0. The second kappa shape index (κ2) is 4.54. The number of aromatic hydroxyl groups is 1. The lowest BCUT2D eigenvalue weighted by molar-refractivity contribution is 0.414. The van der Waals surface area contributed by atoms with Gasteiger partial charge in [0.05, 0.1) is 0 Å². The van der Waals surface area contributed by atoms with Crippen molar-refractivity contribution >= 4 is 10.8 Å². The first kappa shape index (κ1) is 4.04. The van der Waals surface area contributed by atoms with Crippen LogP contribution >= 0.6 is 0 Å². The quantitative estimate of drug-likeness (QED) is 0.868. The summed E-state index contributed by atoms with van der Waals surface area (Å²) in [7, 11) is 0. The van der Waals surface area contributed by atoms with E-state index in [9.17, 15) is 5.11 Å². The number of phenolic OH excluding ortho intramolecular Hbond substituents is 1. The van der Waals surface area contributed by atoms with Gasteiger partial charge in [-0.05, 0) is 37.3 Å². The second-order valence-electron chi connectivity index (χ2n) is 3.25. The summed E-state index contributed by atoms with van der Waals surface area (Å²) in [6, 6.07) is 8.54. The van der Waals surface area contributed by atoms with Gasteiger partial charge in [0.25, 0.3) is 0 Å². The molecule has 2 heteroatoms. The Morgan fingerprint density at radius 2 is 2.00 bits per heavy atom. The van der Waals surface area contributed by atoms with Gasteiger partial charge in [0.15, 0.2) is 0 Å². The fraction of sp³-hybridized carbons (Fsp3) is 0.286. The number of benzene rings is 2. The van der Waals surface area contributed by atoms with E-state index < -0.39 is 31.7 Å². The zero-order chi connectivity index (χ0) is 20.1. The Bertz CT molecular complexity index is 792. The summed E-state index contributed by atoms with van der Waals surface area (Å²) < 4.78 is 77.1. The SMILES string of the molecule is [2H]C([2H])([2H])N(C([2H])([2H])[2H])C([2H])([2H])C([2H])([2H])c1cccc2cccc(O)c12. The van der Waals surface area contributed by atoms with Crippen molar-refractivity contribution in [2.45, 2.75) is 6.37 Å². The first-order valence-electron chi connectivity index (χ1n) is 9.63. The average molecular weight is 225 g/mol. The molecule has 0 atom stereocenters. The number of aryl methyl sites for hydroxylation is 1. The molecular formula is C14H17NO. The number of likely N-dealkylation sites (N-methyl/N-ethyl adjacent to an activating group) is 1. The van der Waals surface area contributed by atoms with Crippen LogP contribution in [0.5, 0.6) is 5.75 Å². The van der Waals surface area contributed by atoms with Gasteiger partial charge in [-0.2, -0.15) is 0 Å². The highest BCUT2D eigenvalue weighted by molar-refractivity contribution is 5.91. The van der Waals surface area contributed by atoms with Crippen LogP contribution in [0.4, 0.5) is 0 Å². The minimum absolute atomic E-state index is 0.0140. The third-order valence-corrected chi connectivity index (χ3v) is 2.19. The van der Waals surface area contributed by atoms with Crippen molar-refractivity contribution in [2.75, 3.05) is 20.4 Å². The van der Waals surface area contributed by atoms with Gasteiger partial charge in [-0.3, -0.25) is 0 Å². The van der Waals surface area contributed by atoms with Crippen LogP contribution in [0.25, 0.3) is 10.8 Å². The van der Waals surface area contributed by atoms with Crippen molar-refractivity contribution in [3.05, 3.63) is 42.0 Å². The number of hydrogen-bond acceptors (Lipinski definition) is 2. The van der Waals surface area contributed by atoms with Crippen LogP contribution in [-0.2, 0) is 6.37 Å².